The molecule has 0 radical (unpaired) electrons. The van der Waals surface area contributed by atoms with E-state index in [0.29, 0.717) is 6.61 Å². The zero-order chi connectivity index (χ0) is 10.9. The van der Waals surface area contributed by atoms with Crippen molar-refractivity contribution < 1.29 is 9.84 Å². The summed E-state index contributed by atoms with van der Waals surface area (Å²) < 4.78 is 6.21. The molecule has 1 atom stereocenters. The Kier molecular flexibility index (Phi) is 3.14. The van der Waals surface area contributed by atoms with Crippen molar-refractivity contribution in [2.24, 2.45) is 0 Å². The van der Waals surface area contributed by atoms with E-state index in [0.717, 1.165) is 29.3 Å². The minimum absolute atomic E-state index is 0.371. The van der Waals surface area contributed by atoms with Crippen LogP contribution in [0.25, 0.3) is 0 Å². The van der Waals surface area contributed by atoms with Crippen molar-refractivity contribution in [2.45, 2.75) is 24.9 Å². The number of benzene rings is 1. The summed E-state index contributed by atoms with van der Waals surface area (Å²) in [6.45, 7) is 0.371. The van der Waals surface area contributed by atoms with E-state index in [-0.39, 0.29) is 0 Å². The van der Waals surface area contributed by atoms with Crippen LogP contribution in [-0.2, 0) is 16.8 Å². The molecule has 2 nitrogen and oxygen atoms in total. The molecule has 1 aliphatic carbocycles. The molecule has 0 spiro atoms. The van der Waals surface area contributed by atoms with Gasteiger partial charge in [-0.3, -0.25) is 0 Å². The Morgan fingerprint density at radius 3 is 3.07 bits per heavy atom. The second-order valence-electron chi connectivity index (χ2n) is 4.08. The topological polar surface area (TPSA) is 29.5 Å². The summed E-state index contributed by atoms with van der Waals surface area (Å²) in [5.41, 5.74) is 1.44. The third-order valence-corrected chi connectivity index (χ3v) is 3.76. The second kappa shape index (κ2) is 4.24. The SMILES string of the molecule is COCC1(O)CCCc2c(Br)cccc21. The fourth-order valence-corrected chi connectivity index (χ4v) is 2.89. The van der Waals surface area contributed by atoms with Crippen LogP contribution in [0.4, 0.5) is 0 Å². The van der Waals surface area contributed by atoms with Crippen LogP contribution in [-0.4, -0.2) is 18.8 Å². The molecule has 1 aromatic rings. The highest BCUT2D eigenvalue weighted by atomic mass is 79.9. The summed E-state index contributed by atoms with van der Waals surface area (Å²) in [5.74, 6) is 0. The smallest absolute Gasteiger partial charge is 0.113 e. The van der Waals surface area contributed by atoms with Crippen LogP contribution >= 0.6 is 15.9 Å². The number of fused-ring (bicyclic) bond motifs is 1. The summed E-state index contributed by atoms with van der Waals surface area (Å²) in [6.07, 6.45) is 2.82. The zero-order valence-electron chi connectivity index (χ0n) is 8.79. The molecular formula is C12H15BrO2. The molecule has 0 aliphatic heterocycles. The number of hydrogen-bond donors (Lipinski definition) is 1. The Morgan fingerprint density at radius 2 is 2.33 bits per heavy atom. The molecule has 15 heavy (non-hydrogen) atoms. The largest absolute Gasteiger partial charge is 0.383 e. The van der Waals surface area contributed by atoms with Crippen LogP contribution in [0.5, 0.6) is 0 Å². The van der Waals surface area contributed by atoms with E-state index in [9.17, 15) is 5.11 Å². The lowest BCUT2D eigenvalue weighted by atomic mass is 9.79. The lowest BCUT2D eigenvalue weighted by Gasteiger charge is -2.34. The molecule has 1 unspecified atom stereocenters. The van der Waals surface area contributed by atoms with Gasteiger partial charge in [0.15, 0.2) is 0 Å². The molecule has 82 valence electrons. The highest BCUT2D eigenvalue weighted by Crippen LogP contribution is 2.38. The summed E-state index contributed by atoms with van der Waals surface area (Å²) in [6, 6.07) is 5.99. The van der Waals surface area contributed by atoms with Crippen molar-refractivity contribution >= 4 is 15.9 Å². The van der Waals surface area contributed by atoms with Crippen molar-refractivity contribution in [2.75, 3.05) is 13.7 Å². The van der Waals surface area contributed by atoms with E-state index in [4.69, 9.17) is 4.74 Å². The van der Waals surface area contributed by atoms with Crippen molar-refractivity contribution in [1.82, 2.24) is 0 Å². The number of halogens is 1. The first-order valence-electron chi connectivity index (χ1n) is 5.16. The van der Waals surface area contributed by atoms with Gasteiger partial charge in [-0.1, -0.05) is 28.1 Å². The standard InChI is InChI=1S/C12H15BrO2/c1-15-8-12(14)7-3-4-9-10(12)5-2-6-11(9)13/h2,5-6,14H,3-4,7-8H2,1H3. The minimum Gasteiger partial charge on any atom is -0.383 e. The van der Waals surface area contributed by atoms with Gasteiger partial charge in [-0.05, 0) is 36.5 Å². The number of hydrogen-bond acceptors (Lipinski definition) is 2. The van der Waals surface area contributed by atoms with Gasteiger partial charge in [-0.25, -0.2) is 0 Å². The van der Waals surface area contributed by atoms with Gasteiger partial charge in [-0.15, -0.1) is 0 Å². The summed E-state index contributed by atoms with van der Waals surface area (Å²) in [5, 5.41) is 10.5. The molecule has 0 fully saturated rings. The Hall–Kier alpha value is -0.380. The molecule has 0 saturated heterocycles. The third-order valence-electron chi connectivity index (χ3n) is 3.02. The molecule has 2 rings (SSSR count). The van der Waals surface area contributed by atoms with E-state index in [1.807, 2.05) is 18.2 Å². The number of aliphatic hydroxyl groups is 1. The predicted octanol–water partition coefficient (Wildman–Crippen LogP) is 2.62. The summed E-state index contributed by atoms with van der Waals surface area (Å²) >= 11 is 3.53. The quantitative estimate of drug-likeness (QED) is 0.896. The first-order chi connectivity index (χ1) is 7.17. The average Bonchev–Trinajstić information content (AvgIpc) is 2.20. The van der Waals surface area contributed by atoms with Gasteiger partial charge in [0.1, 0.15) is 5.60 Å². The van der Waals surface area contributed by atoms with Gasteiger partial charge < -0.3 is 9.84 Å². The van der Waals surface area contributed by atoms with Gasteiger partial charge >= 0.3 is 0 Å². The van der Waals surface area contributed by atoms with E-state index < -0.39 is 5.60 Å². The Bertz CT molecular complexity index is 365. The van der Waals surface area contributed by atoms with Crippen LogP contribution in [0, 0.1) is 0 Å². The number of rotatable bonds is 2. The number of ether oxygens (including phenoxy) is 1. The number of methoxy groups -OCH3 is 1. The maximum absolute atomic E-state index is 10.5. The van der Waals surface area contributed by atoms with Crippen LogP contribution in [0.3, 0.4) is 0 Å². The van der Waals surface area contributed by atoms with Crippen LogP contribution in [0.1, 0.15) is 24.0 Å². The van der Waals surface area contributed by atoms with Crippen molar-refractivity contribution in [3.63, 3.8) is 0 Å². The molecule has 0 saturated carbocycles. The van der Waals surface area contributed by atoms with Crippen LogP contribution in [0.2, 0.25) is 0 Å². The first-order valence-corrected chi connectivity index (χ1v) is 5.96. The van der Waals surface area contributed by atoms with Crippen molar-refractivity contribution in [3.8, 4) is 0 Å². The highest BCUT2D eigenvalue weighted by molar-refractivity contribution is 9.10. The van der Waals surface area contributed by atoms with Crippen LogP contribution < -0.4 is 0 Å². The minimum atomic E-state index is -0.799. The molecule has 1 N–H and O–H groups in total. The van der Waals surface area contributed by atoms with E-state index in [1.54, 1.807) is 7.11 Å². The van der Waals surface area contributed by atoms with E-state index in [2.05, 4.69) is 15.9 Å². The van der Waals surface area contributed by atoms with E-state index in [1.165, 1.54) is 5.56 Å². The zero-order valence-corrected chi connectivity index (χ0v) is 10.4. The lowest BCUT2D eigenvalue weighted by Crippen LogP contribution is -2.35. The van der Waals surface area contributed by atoms with Crippen molar-refractivity contribution in [3.05, 3.63) is 33.8 Å². The van der Waals surface area contributed by atoms with Gasteiger partial charge in [0, 0.05) is 11.6 Å². The lowest BCUT2D eigenvalue weighted by molar-refractivity contribution is -0.0480. The second-order valence-corrected chi connectivity index (χ2v) is 4.94. The Labute approximate surface area is 98.4 Å². The molecule has 1 aromatic carbocycles. The summed E-state index contributed by atoms with van der Waals surface area (Å²) in [4.78, 5) is 0. The Morgan fingerprint density at radius 1 is 1.53 bits per heavy atom. The molecule has 3 heteroatoms. The molecule has 0 aromatic heterocycles. The van der Waals surface area contributed by atoms with Gasteiger partial charge in [0.2, 0.25) is 0 Å². The third kappa shape index (κ3) is 1.96. The van der Waals surface area contributed by atoms with Crippen LogP contribution in [0.15, 0.2) is 22.7 Å². The highest BCUT2D eigenvalue weighted by Gasteiger charge is 2.34. The van der Waals surface area contributed by atoms with Gasteiger partial charge in [0.25, 0.3) is 0 Å². The fourth-order valence-electron chi connectivity index (χ4n) is 2.33. The van der Waals surface area contributed by atoms with E-state index >= 15 is 0 Å². The molecule has 0 amide bonds. The monoisotopic (exact) mass is 270 g/mol. The normalized spacial score (nSPS) is 25.0. The Balaban J connectivity index is 2.46. The first kappa shape index (κ1) is 11.1. The predicted molar refractivity (Wildman–Crippen MR) is 62.9 cm³/mol. The van der Waals surface area contributed by atoms with Gasteiger partial charge in [-0.2, -0.15) is 0 Å². The fraction of sp³-hybridized carbons (Fsp3) is 0.500. The molecule has 1 aliphatic rings. The maximum Gasteiger partial charge on any atom is 0.113 e. The molecule has 0 bridgehead atoms. The molecule has 0 heterocycles. The average molecular weight is 271 g/mol. The maximum atomic E-state index is 10.5. The molecular weight excluding hydrogens is 256 g/mol. The van der Waals surface area contributed by atoms with Gasteiger partial charge in [0.05, 0.1) is 6.61 Å². The summed E-state index contributed by atoms with van der Waals surface area (Å²) in [7, 11) is 1.63. The van der Waals surface area contributed by atoms with Crippen molar-refractivity contribution in [1.29, 1.82) is 0 Å².